The maximum Gasteiger partial charge on any atom is 0.0653 e. The van der Waals surface area contributed by atoms with Crippen LogP contribution in [0.2, 0.25) is 0 Å². The molecule has 0 bridgehead atoms. The molecule has 2 nitrogen and oxygen atoms in total. The molecule has 1 N–H and O–H groups in total. The molecule has 0 spiro atoms. The molecule has 1 unspecified atom stereocenters. The first-order valence-corrected chi connectivity index (χ1v) is 7.92. The zero-order chi connectivity index (χ0) is 12.5. The lowest BCUT2D eigenvalue weighted by atomic mass is 10.0. The van der Waals surface area contributed by atoms with Gasteiger partial charge in [0.25, 0.3) is 0 Å². The Kier molecular flexibility index (Phi) is 3.31. The van der Waals surface area contributed by atoms with Crippen LogP contribution in [0.25, 0.3) is 0 Å². The Morgan fingerprint density at radius 3 is 3.11 bits per heavy atom. The van der Waals surface area contributed by atoms with Crippen molar-refractivity contribution in [1.29, 1.82) is 0 Å². The summed E-state index contributed by atoms with van der Waals surface area (Å²) in [5.74, 6) is 0. The van der Waals surface area contributed by atoms with Crippen LogP contribution in [0.3, 0.4) is 0 Å². The van der Waals surface area contributed by atoms with Gasteiger partial charge in [0.2, 0.25) is 0 Å². The number of pyridine rings is 1. The highest BCUT2D eigenvalue weighted by molar-refractivity contribution is 8.01. The predicted octanol–water partition coefficient (Wildman–Crippen LogP) is 4.49. The number of aryl methyl sites for hydroxylation is 1. The third kappa shape index (κ3) is 2.27. The molecule has 3 rings (SSSR count). The molecule has 0 fully saturated rings. The van der Waals surface area contributed by atoms with Crippen molar-refractivity contribution in [1.82, 2.24) is 4.98 Å². The van der Waals surface area contributed by atoms with Gasteiger partial charge in [0.15, 0.2) is 0 Å². The van der Waals surface area contributed by atoms with E-state index in [1.54, 1.807) is 0 Å². The van der Waals surface area contributed by atoms with Crippen LogP contribution in [0, 0.1) is 6.92 Å². The Hall–Kier alpha value is -1.00. The van der Waals surface area contributed by atoms with E-state index in [1.165, 1.54) is 16.2 Å². The van der Waals surface area contributed by atoms with Crippen LogP contribution >= 0.6 is 23.1 Å². The Morgan fingerprint density at radius 1 is 1.39 bits per heavy atom. The van der Waals surface area contributed by atoms with Crippen molar-refractivity contribution in [2.24, 2.45) is 0 Å². The van der Waals surface area contributed by atoms with Gasteiger partial charge in [-0.2, -0.15) is 0 Å². The largest absolute Gasteiger partial charge is 0.377 e. The minimum absolute atomic E-state index is 0.422. The second kappa shape index (κ2) is 4.94. The molecule has 0 saturated heterocycles. The molecule has 4 heteroatoms. The van der Waals surface area contributed by atoms with Gasteiger partial charge in [-0.15, -0.1) is 23.1 Å². The summed E-state index contributed by atoms with van der Waals surface area (Å²) in [5.41, 5.74) is 3.67. The van der Waals surface area contributed by atoms with Crippen LogP contribution in [0.4, 0.5) is 5.69 Å². The van der Waals surface area contributed by atoms with E-state index >= 15 is 0 Å². The first kappa shape index (κ1) is 12.1. The first-order valence-electron chi connectivity index (χ1n) is 6.16. The molecule has 2 atom stereocenters. The topological polar surface area (TPSA) is 24.9 Å². The van der Waals surface area contributed by atoms with Gasteiger partial charge < -0.3 is 5.32 Å². The summed E-state index contributed by atoms with van der Waals surface area (Å²) in [6.45, 7) is 4.36. The van der Waals surface area contributed by atoms with Crippen molar-refractivity contribution in [3.05, 3.63) is 41.0 Å². The molecule has 2 aromatic rings. The molecule has 1 aliphatic heterocycles. The molecule has 18 heavy (non-hydrogen) atoms. The number of hydrogen-bond donors (Lipinski definition) is 1. The number of hydrogen-bond acceptors (Lipinski definition) is 4. The normalized spacial score (nSPS) is 22.6. The van der Waals surface area contributed by atoms with Crippen molar-refractivity contribution < 1.29 is 0 Å². The minimum atomic E-state index is 0.422. The molecule has 2 aromatic heterocycles. The summed E-state index contributed by atoms with van der Waals surface area (Å²) < 4.78 is 1.47. The lowest BCUT2D eigenvalue weighted by Gasteiger charge is -2.28. The number of anilines is 1. The number of thioether (sulfide) groups is 1. The van der Waals surface area contributed by atoms with E-state index in [-0.39, 0.29) is 0 Å². The fourth-order valence-electron chi connectivity index (χ4n) is 2.31. The van der Waals surface area contributed by atoms with Gasteiger partial charge in [-0.1, -0.05) is 6.92 Å². The van der Waals surface area contributed by atoms with Crippen molar-refractivity contribution in [3.8, 4) is 0 Å². The molecule has 1 aliphatic rings. The highest BCUT2D eigenvalue weighted by Crippen LogP contribution is 2.44. The van der Waals surface area contributed by atoms with E-state index in [0.717, 1.165) is 11.4 Å². The van der Waals surface area contributed by atoms with E-state index in [4.69, 9.17) is 0 Å². The molecule has 0 aromatic carbocycles. The summed E-state index contributed by atoms with van der Waals surface area (Å²) in [7, 11) is 0. The van der Waals surface area contributed by atoms with Crippen LogP contribution in [-0.4, -0.2) is 10.2 Å². The maximum atomic E-state index is 4.34. The fourth-order valence-corrected chi connectivity index (χ4v) is 4.88. The molecule has 0 saturated carbocycles. The summed E-state index contributed by atoms with van der Waals surface area (Å²) in [4.78, 5) is 4.34. The van der Waals surface area contributed by atoms with Crippen molar-refractivity contribution >= 4 is 28.8 Å². The zero-order valence-electron chi connectivity index (χ0n) is 10.5. The van der Waals surface area contributed by atoms with Crippen molar-refractivity contribution in [2.45, 2.75) is 35.8 Å². The van der Waals surface area contributed by atoms with Gasteiger partial charge in [-0.05, 0) is 42.5 Å². The summed E-state index contributed by atoms with van der Waals surface area (Å²) in [6.07, 6.45) is 3.01. The number of aromatic nitrogens is 1. The van der Waals surface area contributed by atoms with Gasteiger partial charge in [-0.25, -0.2) is 0 Å². The molecule has 0 aliphatic carbocycles. The van der Waals surface area contributed by atoms with E-state index in [0.29, 0.717) is 11.3 Å². The molecule has 0 radical (unpaired) electrons. The van der Waals surface area contributed by atoms with Crippen LogP contribution in [0.5, 0.6) is 0 Å². The van der Waals surface area contributed by atoms with E-state index in [1.807, 2.05) is 35.4 Å². The van der Waals surface area contributed by atoms with Crippen molar-refractivity contribution in [3.63, 3.8) is 0 Å². The van der Waals surface area contributed by atoms with E-state index < -0.39 is 0 Å². The number of thiophene rings is 1. The Bertz CT molecular complexity index is 550. The van der Waals surface area contributed by atoms with E-state index in [9.17, 15) is 0 Å². The van der Waals surface area contributed by atoms with Gasteiger partial charge in [0.1, 0.15) is 0 Å². The zero-order valence-corrected chi connectivity index (χ0v) is 12.1. The molecule has 3 heterocycles. The second-order valence-electron chi connectivity index (χ2n) is 4.66. The second-order valence-corrected chi connectivity index (χ2v) is 7.28. The summed E-state index contributed by atoms with van der Waals surface area (Å²) >= 11 is 3.85. The quantitative estimate of drug-likeness (QED) is 0.875. The minimum Gasteiger partial charge on any atom is -0.377 e. The average Bonchev–Trinajstić information content (AvgIpc) is 2.80. The monoisotopic (exact) mass is 276 g/mol. The number of nitrogens with zero attached hydrogens (tertiary/aromatic N) is 1. The summed E-state index contributed by atoms with van der Waals surface area (Å²) in [5, 5.41) is 6.52. The van der Waals surface area contributed by atoms with Crippen LogP contribution in [-0.2, 0) is 0 Å². The average molecular weight is 276 g/mol. The maximum absolute atomic E-state index is 4.34. The van der Waals surface area contributed by atoms with Gasteiger partial charge in [-0.3, -0.25) is 4.98 Å². The standard InChI is InChI=1S/C14H16N2S2/c1-9-8-13(11-5-7-17-14(11)18-9)16-12-4-3-6-15-10(12)2/h3-7,9,13,16H,8H2,1-2H3/t9-,13?/m0/s1. The van der Waals surface area contributed by atoms with Crippen LogP contribution < -0.4 is 5.32 Å². The van der Waals surface area contributed by atoms with Crippen LogP contribution in [0.15, 0.2) is 34.0 Å². The fraction of sp³-hybridized carbons (Fsp3) is 0.357. The Balaban J connectivity index is 1.88. The highest BCUT2D eigenvalue weighted by Gasteiger charge is 2.26. The Morgan fingerprint density at radius 2 is 2.28 bits per heavy atom. The van der Waals surface area contributed by atoms with Gasteiger partial charge in [0, 0.05) is 11.4 Å². The summed E-state index contributed by atoms with van der Waals surface area (Å²) in [6, 6.07) is 6.78. The van der Waals surface area contributed by atoms with E-state index in [2.05, 4.69) is 41.7 Å². The third-order valence-electron chi connectivity index (χ3n) is 3.25. The van der Waals surface area contributed by atoms with Gasteiger partial charge >= 0.3 is 0 Å². The van der Waals surface area contributed by atoms with Crippen molar-refractivity contribution in [2.75, 3.05) is 5.32 Å². The molecular formula is C14H16N2S2. The molecular weight excluding hydrogens is 260 g/mol. The number of rotatable bonds is 2. The lowest BCUT2D eigenvalue weighted by Crippen LogP contribution is -2.19. The van der Waals surface area contributed by atoms with Crippen LogP contribution in [0.1, 0.15) is 30.6 Å². The highest BCUT2D eigenvalue weighted by atomic mass is 32.2. The van der Waals surface area contributed by atoms with Gasteiger partial charge in [0.05, 0.1) is 21.6 Å². The SMILES string of the molecule is Cc1ncccc1NC1C[C@H](C)Sc2sccc21. The molecule has 0 amide bonds. The molecule has 94 valence electrons. The lowest BCUT2D eigenvalue weighted by molar-refractivity contribution is 0.669. The number of nitrogens with one attached hydrogen (secondary N) is 1. The number of fused-ring (bicyclic) bond motifs is 1. The Labute approximate surface area is 116 Å². The smallest absolute Gasteiger partial charge is 0.0653 e. The third-order valence-corrected chi connectivity index (χ3v) is 5.59. The predicted molar refractivity (Wildman–Crippen MR) is 79.6 cm³/mol. The first-order chi connectivity index (χ1) is 8.74.